The number of likely N-dealkylation sites (tertiary alicyclic amines) is 1. The summed E-state index contributed by atoms with van der Waals surface area (Å²) in [6.45, 7) is 4.76. The SMILES string of the molecule is O=C(c1ccc(N2CCNCC2)c(NS(=O)(=O)c2cccs2)c1)N1CCCC1. The second kappa shape index (κ2) is 8.10. The maximum atomic E-state index is 12.8. The third-order valence-electron chi connectivity index (χ3n) is 5.10. The van der Waals surface area contributed by atoms with E-state index in [2.05, 4.69) is 14.9 Å². The lowest BCUT2D eigenvalue weighted by molar-refractivity contribution is 0.0793. The maximum Gasteiger partial charge on any atom is 0.271 e. The number of benzene rings is 1. The largest absolute Gasteiger partial charge is 0.367 e. The molecule has 2 N–H and O–H groups in total. The van der Waals surface area contributed by atoms with Crippen molar-refractivity contribution in [3.63, 3.8) is 0 Å². The second-order valence-corrected chi connectivity index (χ2v) is 9.86. The third kappa shape index (κ3) is 4.01. The van der Waals surface area contributed by atoms with E-state index in [0.717, 1.165) is 57.8 Å². The van der Waals surface area contributed by atoms with E-state index < -0.39 is 10.0 Å². The van der Waals surface area contributed by atoms with Crippen LogP contribution in [0.3, 0.4) is 0 Å². The smallest absolute Gasteiger partial charge is 0.271 e. The second-order valence-electron chi connectivity index (χ2n) is 7.01. The van der Waals surface area contributed by atoms with Crippen LogP contribution in [0.25, 0.3) is 0 Å². The number of sulfonamides is 1. The summed E-state index contributed by atoms with van der Waals surface area (Å²) in [5.41, 5.74) is 1.78. The monoisotopic (exact) mass is 420 g/mol. The molecule has 28 heavy (non-hydrogen) atoms. The van der Waals surface area contributed by atoms with Crippen molar-refractivity contribution < 1.29 is 13.2 Å². The molecule has 0 radical (unpaired) electrons. The average Bonchev–Trinajstić information content (AvgIpc) is 3.42. The minimum atomic E-state index is -3.69. The van der Waals surface area contributed by atoms with Crippen molar-refractivity contribution in [3.8, 4) is 0 Å². The number of amides is 1. The number of hydrogen-bond donors (Lipinski definition) is 2. The number of rotatable bonds is 5. The molecule has 0 saturated carbocycles. The Morgan fingerprint density at radius 2 is 1.82 bits per heavy atom. The lowest BCUT2D eigenvalue weighted by Gasteiger charge is -2.31. The number of carbonyl (C=O) groups is 1. The summed E-state index contributed by atoms with van der Waals surface area (Å²) in [5, 5.41) is 5.04. The van der Waals surface area contributed by atoms with Crippen LogP contribution in [0.1, 0.15) is 23.2 Å². The van der Waals surface area contributed by atoms with Gasteiger partial charge in [-0.15, -0.1) is 11.3 Å². The molecular weight excluding hydrogens is 396 g/mol. The normalized spacial score (nSPS) is 17.7. The summed E-state index contributed by atoms with van der Waals surface area (Å²) in [6.07, 6.45) is 2.03. The molecule has 2 aromatic rings. The highest BCUT2D eigenvalue weighted by molar-refractivity contribution is 7.94. The van der Waals surface area contributed by atoms with E-state index in [0.29, 0.717) is 11.3 Å². The van der Waals surface area contributed by atoms with Crippen LogP contribution in [-0.2, 0) is 10.0 Å². The fraction of sp³-hybridized carbons (Fsp3) is 0.421. The van der Waals surface area contributed by atoms with E-state index in [9.17, 15) is 13.2 Å². The van der Waals surface area contributed by atoms with E-state index in [1.54, 1.807) is 29.6 Å². The molecule has 0 unspecified atom stereocenters. The maximum absolute atomic E-state index is 12.8. The summed E-state index contributed by atoms with van der Waals surface area (Å²) >= 11 is 1.17. The summed E-state index contributed by atoms with van der Waals surface area (Å²) in [4.78, 5) is 16.8. The summed E-state index contributed by atoms with van der Waals surface area (Å²) in [6, 6.07) is 8.64. The summed E-state index contributed by atoms with van der Waals surface area (Å²) in [5.74, 6) is -0.0408. The molecule has 1 aromatic carbocycles. The summed E-state index contributed by atoms with van der Waals surface area (Å²) < 4.78 is 28.6. The molecule has 0 bridgehead atoms. The molecule has 0 atom stereocenters. The molecule has 4 rings (SSSR count). The van der Waals surface area contributed by atoms with Crippen LogP contribution < -0.4 is 14.9 Å². The van der Waals surface area contributed by atoms with Crippen molar-refractivity contribution in [2.24, 2.45) is 0 Å². The molecule has 150 valence electrons. The highest BCUT2D eigenvalue weighted by atomic mass is 32.2. The zero-order valence-electron chi connectivity index (χ0n) is 15.6. The van der Waals surface area contributed by atoms with Gasteiger partial charge in [-0.2, -0.15) is 0 Å². The number of nitrogens with one attached hydrogen (secondary N) is 2. The highest BCUT2D eigenvalue weighted by Crippen LogP contribution is 2.31. The third-order valence-corrected chi connectivity index (χ3v) is 7.86. The number of carbonyl (C=O) groups excluding carboxylic acids is 1. The van der Waals surface area contributed by atoms with Gasteiger partial charge in [0.25, 0.3) is 15.9 Å². The Bertz CT molecular complexity index is 932. The molecule has 7 nitrogen and oxygen atoms in total. The first-order valence-electron chi connectivity index (χ1n) is 9.50. The van der Waals surface area contributed by atoms with Gasteiger partial charge in [0, 0.05) is 44.8 Å². The average molecular weight is 421 g/mol. The molecule has 1 amide bonds. The van der Waals surface area contributed by atoms with Crippen LogP contribution in [0.4, 0.5) is 11.4 Å². The van der Waals surface area contributed by atoms with Gasteiger partial charge in [0.2, 0.25) is 0 Å². The van der Waals surface area contributed by atoms with Crippen molar-refractivity contribution in [3.05, 3.63) is 41.3 Å². The van der Waals surface area contributed by atoms with Crippen molar-refractivity contribution in [1.82, 2.24) is 10.2 Å². The predicted octanol–water partition coefficient (Wildman–Crippen LogP) is 2.19. The van der Waals surface area contributed by atoms with Crippen LogP contribution in [0, 0.1) is 0 Å². The Morgan fingerprint density at radius 3 is 2.50 bits per heavy atom. The van der Waals surface area contributed by atoms with Gasteiger partial charge < -0.3 is 15.1 Å². The molecule has 2 aliphatic rings. The lowest BCUT2D eigenvalue weighted by Crippen LogP contribution is -2.43. The molecule has 0 aliphatic carbocycles. The Morgan fingerprint density at radius 1 is 1.07 bits per heavy atom. The Labute approximate surface area is 169 Å². The Balaban J connectivity index is 1.69. The van der Waals surface area contributed by atoms with E-state index in [4.69, 9.17) is 0 Å². The first-order valence-corrected chi connectivity index (χ1v) is 11.9. The van der Waals surface area contributed by atoms with Gasteiger partial charge in [-0.25, -0.2) is 8.42 Å². The predicted molar refractivity (Wildman–Crippen MR) is 112 cm³/mol. The van der Waals surface area contributed by atoms with E-state index >= 15 is 0 Å². The van der Waals surface area contributed by atoms with Crippen molar-refractivity contribution >= 4 is 38.6 Å². The molecule has 3 heterocycles. The number of nitrogens with zero attached hydrogens (tertiary/aromatic N) is 2. The molecule has 2 fully saturated rings. The topological polar surface area (TPSA) is 81.8 Å². The van der Waals surface area contributed by atoms with E-state index in [1.807, 2.05) is 11.0 Å². The number of hydrogen-bond acceptors (Lipinski definition) is 6. The quantitative estimate of drug-likeness (QED) is 0.775. The van der Waals surface area contributed by atoms with Gasteiger partial charge in [0.1, 0.15) is 4.21 Å². The molecule has 0 spiro atoms. The van der Waals surface area contributed by atoms with Crippen molar-refractivity contribution in [1.29, 1.82) is 0 Å². The minimum Gasteiger partial charge on any atom is -0.367 e. The molecule has 2 saturated heterocycles. The lowest BCUT2D eigenvalue weighted by atomic mass is 10.1. The molecular formula is C19H24N4O3S2. The number of thiophene rings is 1. The van der Waals surface area contributed by atoms with Crippen LogP contribution in [0.15, 0.2) is 39.9 Å². The van der Waals surface area contributed by atoms with Gasteiger partial charge >= 0.3 is 0 Å². The fourth-order valence-electron chi connectivity index (χ4n) is 3.65. The fourth-order valence-corrected chi connectivity index (χ4v) is 5.70. The molecule has 1 aromatic heterocycles. The van der Waals surface area contributed by atoms with Gasteiger partial charge in [-0.05, 0) is 42.5 Å². The standard InChI is InChI=1S/C19H24N4O3S2/c24-19(23-9-1-2-10-23)15-5-6-17(22-11-7-20-8-12-22)16(14-15)21-28(25,26)18-4-3-13-27-18/h3-6,13-14,20-21H,1-2,7-12H2. The van der Waals surface area contributed by atoms with Crippen LogP contribution in [-0.4, -0.2) is 58.5 Å². The van der Waals surface area contributed by atoms with Crippen LogP contribution >= 0.6 is 11.3 Å². The summed E-state index contributed by atoms with van der Waals surface area (Å²) in [7, 11) is -3.69. The first kappa shape index (κ1) is 19.2. The Kier molecular flexibility index (Phi) is 5.56. The Hall–Kier alpha value is -2.10. The van der Waals surface area contributed by atoms with E-state index in [1.165, 1.54) is 11.3 Å². The van der Waals surface area contributed by atoms with Crippen LogP contribution in [0.5, 0.6) is 0 Å². The van der Waals surface area contributed by atoms with E-state index in [-0.39, 0.29) is 10.1 Å². The van der Waals surface area contributed by atoms with Gasteiger partial charge in [-0.1, -0.05) is 6.07 Å². The zero-order valence-corrected chi connectivity index (χ0v) is 17.2. The number of anilines is 2. The van der Waals surface area contributed by atoms with Crippen molar-refractivity contribution in [2.75, 3.05) is 48.9 Å². The van der Waals surface area contributed by atoms with Gasteiger partial charge in [0.05, 0.1) is 11.4 Å². The van der Waals surface area contributed by atoms with Crippen LogP contribution in [0.2, 0.25) is 0 Å². The van der Waals surface area contributed by atoms with Gasteiger partial charge in [-0.3, -0.25) is 9.52 Å². The first-order chi connectivity index (χ1) is 13.5. The number of piperazine rings is 1. The minimum absolute atomic E-state index is 0.0408. The van der Waals surface area contributed by atoms with Crippen molar-refractivity contribution in [2.45, 2.75) is 17.1 Å². The zero-order chi connectivity index (χ0) is 19.6. The van der Waals surface area contributed by atoms with Gasteiger partial charge in [0.15, 0.2) is 0 Å². The molecule has 2 aliphatic heterocycles. The highest BCUT2D eigenvalue weighted by Gasteiger charge is 2.24. The molecule has 9 heteroatoms.